The zero-order valence-electron chi connectivity index (χ0n) is 17.4. The van der Waals surface area contributed by atoms with Gasteiger partial charge in [-0.15, -0.1) is 0 Å². The van der Waals surface area contributed by atoms with Crippen molar-refractivity contribution in [2.24, 2.45) is 0 Å². The fraction of sp³-hybridized carbons (Fsp3) is 0.0455. The van der Waals surface area contributed by atoms with Crippen molar-refractivity contribution in [1.29, 1.82) is 5.26 Å². The molecule has 0 bridgehead atoms. The van der Waals surface area contributed by atoms with Crippen molar-refractivity contribution in [2.75, 3.05) is 7.11 Å². The number of nitro benzene ring substituents is 3. The second-order valence-corrected chi connectivity index (χ2v) is 6.66. The van der Waals surface area contributed by atoms with Gasteiger partial charge in [0.05, 0.1) is 39.6 Å². The third-order valence-electron chi connectivity index (χ3n) is 4.56. The van der Waals surface area contributed by atoms with Gasteiger partial charge in [-0.1, -0.05) is 18.2 Å². The lowest BCUT2D eigenvalue weighted by Crippen LogP contribution is -1.97. The maximum Gasteiger partial charge on any atom is 0.318 e. The molecule has 0 saturated carbocycles. The molecular formula is C22H14N4O8. The Bertz CT molecular complexity index is 1380. The number of benzene rings is 3. The van der Waals surface area contributed by atoms with Gasteiger partial charge in [0.2, 0.25) is 5.75 Å². The molecule has 0 aromatic heterocycles. The molecule has 0 saturated heterocycles. The van der Waals surface area contributed by atoms with Crippen LogP contribution in [-0.2, 0) is 0 Å². The molecule has 34 heavy (non-hydrogen) atoms. The molecule has 0 fully saturated rings. The fourth-order valence-electron chi connectivity index (χ4n) is 2.96. The summed E-state index contributed by atoms with van der Waals surface area (Å²) in [4.78, 5) is 31.1. The summed E-state index contributed by atoms with van der Waals surface area (Å²) in [7, 11) is 1.34. The van der Waals surface area contributed by atoms with E-state index in [1.54, 1.807) is 12.1 Å². The number of hydrogen-bond donors (Lipinski definition) is 0. The van der Waals surface area contributed by atoms with Crippen molar-refractivity contribution in [1.82, 2.24) is 0 Å². The molecule has 0 N–H and O–H groups in total. The van der Waals surface area contributed by atoms with E-state index in [4.69, 9.17) is 9.47 Å². The second-order valence-electron chi connectivity index (χ2n) is 6.66. The summed E-state index contributed by atoms with van der Waals surface area (Å²) in [5.74, 6) is 0.0229. The molecule has 0 aliphatic rings. The summed E-state index contributed by atoms with van der Waals surface area (Å²) in [5, 5.41) is 42.8. The molecule has 3 rings (SSSR count). The van der Waals surface area contributed by atoms with Crippen LogP contribution in [0.4, 0.5) is 17.1 Å². The summed E-state index contributed by atoms with van der Waals surface area (Å²) < 4.78 is 10.9. The van der Waals surface area contributed by atoms with Crippen LogP contribution >= 0.6 is 0 Å². The van der Waals surface area contributed by atoms with E-state index in [1.165, 1.54) is 43.5 Å². The van der Waals surface area contributed by atoms with Gasteiger partial charge in [0.25, 0.3) is 11.4 Å². The summed E-state index contributed by atoms with van der Waals surface area (Å²) in [6, 6.07) is 15.1. The Balaban J connectivity index is 1.97. The molecule has 0 aliphatic carbocycles. The van der Waals surface area contributed by atoms with Crippen LogP contribution in [0.3, 0.4) is 0 Å². The van der Waals surface area contributed by atoms with Gasteiger partial charge in [0.15, 0.2) is 11.5 Å². The first kappa shape index (κ1) is 23.4. The van der Waals surface area contributed by atoms with E-state index in [0.29, 0.717) is 11.1 Å². The Labute approximate surface area is 191 Å². The highest BCUT2D eigenvalue weighted by atomic mass is 16.6. The Kier molecular flexibility index (Phi) is 6.78. The third-order valence-corrected chi connectivity index (χ3v) is 4.56. The second kappa shape index (κ2) is 9.88. The van der Waals surface area contributed by atoms with Crippen molar-refractivity contribution in [3.63, 3.8) is 0 Å². The highest BCUT2D eigenvalue weighted by Crippen LogP contribution is 2.38. The fourth-order valence-corrected chi connectivity index (χ4v) is 2.96. The van der Waals surface area contributed by atoms with Gasteiger partial charge in [-0.3, -0.25) is 30.3 Å². The van der Waals surface area contributed by atoms with Crippen LogP contribution in [0.5, 0.6) is 17.2 Å². The van der Waals surface area contributed by atoms with Gasteiger partial charge < -0.3 is 9.47 Å². The molecule has 3 aromatic carbocycles. The first-order valence-electron chi connectivity index (χ1n) is 9.39. The maximum atomic E-state index is 11.3. The van der Waals surface area contributed by atoms with Crippen LogP contribution in [0.15, 0.2) is 60.7 Å². The van der Waals surface area contributed by atoms with E-state index in [-0.39, 0.29) is 28.5 Å². The van der Waals surface area contributed by atoms with Crippen LogP contribution in [-0.4, -0.2) is 21.9 Å². The Hall–Kier alpha value is -5.31. The molecule has 12 nitrogen and oxygen atoms in total. The highest BCUT2D eigenvalue weighted by Gasteiger charge is 2.22. The highest BCUT2D eigenvalue weighted by molar-refractivity contribution is 5.90. The van der Waals surface area contributed by atoms with Crippen molar-refractivity contribution in [3.05, 3.63) is 102 Å². The number of methoxy groups -OCH3 is 1. The minimum atomic E-state index is -0.801. The number of allylic oxidation sites excluding steroid dienone is 1. The largest absolute Gasteiger partial charge is 0.493 e. The van der Waals surface area contributed by atoms with Crippen molar-refractivity contribution in [3.8, 4) is 23.3 Å². The quantitative estimate of drug-likeness (QED) is 0.187. The standard InChI is InChI=1S/C22H14N4O8/c1-33-22-10-14(9-16(13-23)15-3-2-4-17(11-15)24(27)28)5-7-21(22)34-20-8-6-18(25(29)30)12-19(20)26(31)32/h2-12H,1H3. The Morgan fingerprint density at radius 3 is 2.15 bits per heavy atom. The van der Waals surface area contributed by atoms with Crippen LogP contribution in [0.1, 0.15) is 11.1 Å². The molecule has 12 heteroatoms. The number of nitro groups is 3. The first-order valence-corrected chi connectivity index (χ1v) is 9.39. The van der Waals surface area contributed by atoms with E-state index in [9.17, 15) is 35.6 Å². The molecule has 0 spiro atoms. The molecular weight excluding hydrogens is 448 g/mol. The minimum absolute atomic E-state index is 0.0884. The lowest BCUT2D eigenvalue weighted by Gasteiger charge is -2.11. The number of nitrogens with zero attached hydrogens (tertiary/aromatic N) is 4. The normalized spacial score (nSPS) is 10.8. The Morgan fingerprint density at radius 2 is 1.53 bits per heavy atom. The minimum Gasteiger partial charge on any atom is -0.493 e. The van der Waals surface area contributed by atoms with Crippen LogP contribution < -0.4 is 9.47 Å². The number of ether oxygens (including phenoxy) is 2. The van der Waals surface area contributed by atoms with E-state index in [0.717, 1.165) is 18.2 Å². The van der Waals surface area contributed by atoms with E-state index >= 15 is 0 Å². The molecule has 0 unspecified atom stereocenters. The third kappa shape index (κ3) is 5.11. The van der Waals surface area contributed by atoms with Gasteiger partial charge in [0.1, 0.15) is 0 Å². The van der Waals surface area contributed by atoms with E-state index in [2.05, 4.69) is 0 Å². The Morgan fingerprint density at radius 1 is 0.853 bits per heavy atom. The van der Waals surface area contributed by atoms with Crippen LogP contribution in [0.25, 0.3) is 11.6 Å². The zero-order chi connectivity index (χ0) is 24.8. The van der Waals surface area contributed by atoms with Gasteiger partial charge in [-0.05, 0) is 35.4 Å². The molecule has 0 amide bonds. The van der Waals surface area contributed by atoms with Crippen molar-refractivity contribution >= 4 is 28.7 Å². The first-order chi connectivity index (χ1) is 16.2. The van der Waals surface area contributed by atoms with E-state index in [1.807, 2.05) is 6.07 Å². The van der Waals surface area contributed by atoms with Gasteiger partial charge in [-0.2, -0.15) is 5.26 Å². The molecule has 0 aliphatic heterocycles. The van der Waals surface area contributed by atoms with E-state index < -0.39 is 26.1 Å². The SMILES string of the molecule is COc1cc(C=C(C#N)c2cccc([N+](=O)[O-])c2)ccc1Oc1ccc([N+](=O)[O-])cc1[N+](=O)[O-]. The topological polar surface area (TPSA) is 172 Å². The van der Waals surface area contributed by atoms with Crippen LogP contribution in [0, 0.1) is 41.7 Å². The van der Waals surface area contributed by atoms with Crippen molar-refractivity contribution in [2.45, 2.75) is 0 Å². The lowest BCUT2D eigenvalue weighted by molar-refractivity contribution is -0.394. The smallest absolute Gasteiger partial charge is 0.318 e. The number of hydrogen-bond acceptors (Lipinski definition) is 9. The average molecular weight is 462 g/mol. The van der Waals surface area contributed by atoms with Gasteiger partial charge in [-0.25, -0.2) is 0 Å². The molecule has 0 heterocycles. The average Bonchev–Trinajstić information content (AvgIpc) is 2.83. The number of nitriles is 1. The summed E-state index contributed by atoms with van der Waals surface area (Å²) in [6.45, 7) is 0. The molecule has 0 atom stereocenters. The summed E-state index contributed by atoms with van der Waals surface area (Å²) in [6.07, 6.45) is 1.49. The zero-order valence-corrected chi connectivity index (χ0v) is 17.4. The predicted octanol–water partition coefficient (Wildman–Crippen LogP) is 5.28. The summed E-state index contributed by atoms with van der Waals surface area (Å²) >= 11 is 0. The van der Waals surface area contributed by atoms with Gasteiger partial charge in [0, 0.05) is 18.2 Å². The van der Waals surface area contributed by atoms with Crippen molar-refractivity contribution < 1.29 is 24.2 Å². The lowest BCUT2D eigenvalue weighted by atomic mass is 10.0. The summed E-state index contributed by atoms with van der Waals surface area (Å²) in [5.41, 5.74) is -0.229. The number of non-ortho nitro benzene ring substituents is 2. The van der Waals surface area contributed by atoms with Gasteiger partial charge >= 0.3 is 5.69 Å². The number of rotatable bonds is 8. The molecule has 3 aromatic rings. The molecule has 170 valence electrons. The maximum absolute atomic E-state index is 11.3. The molecule has 0 radical (unpaired) electrons. The van der Waals surface area contributed by atoms with Crippen LogP contribution in [0.2, 0.25) is 0 Å². The monoisotopic (exact) mass is 462 g/mol. The predicted molar refractivity (Wildman–Crippen MR) is 119 cm³/mol.